The van der Waals surface area contributed by atoms with E-state index in [1.807, 2.05) is 0 Å². The van der Waals surface area contributed by atoms with Crippen molar-refractivity contribution in [3.63, 3.8) is 0 Å². The first-order valence-electron chi connectivity index (χ1n) is 18.9. The zero-order valence-corrected chi connectivity index (χ0v) is 29.3. The van der Waals surface area contributed by atoms with E-state index in [9.17, 15) is 19.2 Å². The second-order valence-corrected chi connectivity index (χ2v) is 13.3. The first-order chi connectivity index (χ1) is 21.4. The van der Waals surface area contributed by atoms with Gasteiger partial charge in [0.1, 0.15) is 11.6 Å². The van der Waals surface area contributed by atoms with Crippen LogP contribution in [0.1, 0.15) is 206 Å². The molecule has 2 amide bonds. The summed E-state index contributed by atoms with van der Waals surface area (Å²) >= 11 is 0. The number of Topliss-reactive ketones (excluding diaryl/α,β-unsaturated/α-hetero) is 2. The molecule has 2 N–H and O–H groups in total. The van der Waals surface area contributed by atoms with Gasteiger partial charge in [-0.3, -0.25) is 9.59 Å². The van der Waals surface area contributed by atoms with Crippen molar-refractivity contribution in [3.05, 3.63) is 0 Å². The van der Waals surface area contributed by atoms with Crippen LogP contribution in [0.2, 0.25) is 0 Å². The van der Waals surface area contributed by atoms with Gasteiger partial charge >= 0.3 is 0 Å². The minimum Gasteiger partial charge on any atom is -0.356 e. The third kappa shape index (κ3) is 36.5. The lowest BCUT2D eigenvalue weighted by molar-refractivity contribution is -0.122. The van der Waals surface area contributed by atoms with Gasteiger partial charge in [0, 0.05) is 38.8 Å². The van der Waals surface area contributed by atoms with Gasteiger partial charge in [-0.05, 0) is 52.4 Å². The molecule has 0 aromatic rings. The van der Waals surface area contributed by atoms with Gasteiger partial charge in [-0.2, -0.15) is 0 Å². The fourth-order valence-electron chi connectivity index (χ4n) is 5.74. The van der Waals surface area contributed by atoms with Crippen molar-refractivity contribution >= 4 is 23.4 Å². The lowest BCUT2D eigenvalue weighted by atomic mass is 10.1. The maximum absolute atomic E-state index is 12.0. The Morgan fingerprint density at radius 3 is 0.750 bits per heavy atom. The van der Waals surface area contributed by atoms with E-state index in [0.717, 1.165) is 77.3 Å². The van der Waals surface area contributed by atoms with E-state index >= 15 is 0 Å². The zero-order valence-electron chi connectivity index (χ0n) is 29.3. The van der Waals surface area contributed by atoms with Gasteiger partial charge in [0.15, 0.2) is 0 Å². The van der Waals surface area contributed by atoms with E-state index in [1.165, 1.54) is 116 Å². The first kappa shape index (κ1) is 42.3. The summed E-state index contributed by atoms with van der Waals surface area (Å²) in [6, 6.07) is 0. The number of ketones is 2. The highest BCUT2D eigenvalue weighted by Crippen LogP contribution is 2.13. The van der Waals surface area contributed by atoms with Crippen LogP contribution >= 0.6 is 0 Å². The topological polar surface area (TPSA) is 92.3 Å². The monoisotopic (exact) mass is 621 g/mol. The molecule has 0 fully saturated rings. The summed E-state index contributed by atoms with van der Waals surface area (Å²) in [6.45, 7) is 4.98. The van der Waals surface area contributed by atoms with E-state index in [-0.39, 0.29) is 11.8 Å². The number of amides is 2. The summed E-state index contributed by atoms with van der Waals surface area (Å²) in [4.78, 5) is 45.9. The minimum atomic E-state index is 0.207. The van der Waals surface area contributed by atoms with Crippen LogP contribution in [0.15, 0.2) is 0 Å². The van der Waals surface area contributed by atoms with Crippen LogP contribution in [0, 0.1) is 0 Å². The molecule has 0 saturated carbocycles. The average molecular weight is 621 g/mol. The Bertz CT molecular complexity index is 636. The summed E-state index contributed by atoms with van der Waals surface area (Å²) in [5, 5.41) is 6.16. The van der Waals surface area contributed by atoms with Gasteiger partial charge in [0.2, 0.25) is 11.8 Å². The van der Waals surface area contributed by atoms with E-state index in [0.29, 0.717) is 24.4 Å². The normalized spacial score (nSPS) is 11.0. The molecular weight excluding hydrogens is 548 g/mol. The van der Waals surface area contributed by atoms with Crippen molar-refractivity contribution in [2.45, 2.75) is 206 Å². The van der Waals surface area contributed by atoms with Crippen molar-refractivity contribution in [2.75, 3.05) is 13.1 Å². The molecule has 0 aliphatic heterocycles. The maximum Gasteiger partial charge on any atom is 0.219 e. The molecule has 0 aromatic carbocycles. The van der Waals surface area contributed by atoms with Crippen molar-refractivity contribution in [1.29, 1.82) is 0 Å². The first-order valence-corrected chi connectivity index (χ1v) is 18.9. The minimum absolute atomic E-state index is 0.207. The highest BCUT2D eigenvalue weighted by molar-refractivity contribution is 5.76. The van der Waals surface area contributed by atoms with Crippen molar-refractivity contribution in [3.8, 4) is 0 Å². The summed E-state index contributed by atoms with van der Waals surface area (Å²) in [7, 11) is 0. The second-order valence-electron chi connectivity index (χ2n) is 13.3. The molecule has 258 valence electrons. The summed E-state index contributed by atoms with van der Waals surface area (Å²) in [5.74, 6) is 1.03. The Labute approximate surface area is 272 Å². The van der Waals surface area contributed by atoms with Gasteiger partial charge in [-0.15, -0.1) is 0 Å². The lowest BCUT2D eigenvalue weighted by Gasteiger charge is -2.06. The number of hydrogen-bond donors (Lipinski definition) is 2. The fraction of sp³-hybridized carbons (Fsp3) is 0.895. The van der Waals surface area contributed by atoms with Gasteiger partial charge in [-0.1, -0.05) is 128 Å². The van der Waals surface area contributed by atoms with Crippen LogP contribution in [0.25, 0.3) is 0 Å². The predicted molar refractivity (Wildman–Crippen MR) is 186 cm³/mol. The molecule has 0 saturated heterocycles. The van der Waals surface area contributed by atoms with Crippen molar-refractivity contribution < 1.29 is 19.2 Å². The number of carbonyl (C=O) groups excluding carboxylic acids is 4. The van der Waals surface area contributed by atoms with Gasteiger partial charge in [0.25, 0.3) is 0 Å². The summed E-state index contributed by atoms with van der Waals surface area (Å²) < 4.78 is 0. The van der Waals surface area contributed by atoms with E-state index in [4.69, 9.17) is 0 Å². The number of hydrogen-bond acceptors (Lipinski definition) is 4. The molecule has 0 aliphatic carbocycles. The molecule has 0 aromatic heterocycles. The van der Waals surface area contributed by atoms with Crippen LogP contribution in [-0.4, -0.2) is 36.5 Å². The van der Waals surface area contributed by atoms with Gasteiger partial charge in [0.05, 0.1) is 0 Å². The molecule has 6 nitrogen and oxygen atoms in total. The number of unbranched alkanes of at least 4 members (excludes halogenated alkanes) is 23. The standard InChI is InChI=1S/C38H72N2O4/c1-35(41)29-23-17-11-5-3-9-15-21-27-33-39-37(43)31-25-19-13-7-8-14-20-26-32-38(44)40-34-28-22-16-10-4-6-12-18-24-30-36(2)42/h3-34H2,1-2H3,(H,39,43)(H,40,44). The van der Waals surface area contributed by atoms with E-state index in [1.54, 1.807) is 13.8 Å². The molecule has 0 aliphatic rings. The predicted octanol–water partition coefficient (Wildman–Crippen LogP) is 10.1. The average Bonchev–Trinajstić information content (AvgIpc) is 2.98. The molecule has 0 atom stereocenters. The lowest BCUT2D eigenvalue weighted by Crippen LogP contribution is -2.23. The maximum atomic E-state index is 12.0. The van der Waals surface area contributed by atoms with Gasteiger partial charge < -0.3 is 20.2 Å². The zero-order chi connectivity index (χ0) is 32.4. The molecule has 0 rings (SSSR count). The van der Waals surface area contributed by atoms with Crippen LogP contribution in [0.3, 0.4) is 0 Å². The molecule has 6 heteroatoms. The van der Waals surface area contributed by atoms with Crippen LogP contribution in [0.5, 0.6) is 0 Å². The van der Waals surface area contributed by atoms with Crippen LogP contribution in [0.4, 0.5) is 0 Å². The van der Waals surface area contributed by atoms with Gasteiger partial charge in [-0.25, -0.2) is 0 Å². The van der Waals surface area contributed by atoms with Crippen molar-refractivity contribution in [1.82, 2.24) is 10.6 Å². The third-order valence-electron chi connectivity index (χ3n) is 8.61. The molecule has 0 spiro atoms. The summed E-state index contributed by atoms with van der Waals surface area (Å²) in [5.41, 5.74) is 0. The Kier molecular flexibility index (Phi) is 32.8. The van der Waals surface area contributed by atoms with E-state index < -0.39 is 0 Å². The Morgan fingerprint density at radius 2 is 0.500 bits per heavy atom. The molecule has 0 unspecified atom stereocenters. The Balaban J connectivity index is 3.26. The van der Waals surface area contributed by atoms with E-state index in [2.05, 4.69) is 10.6 Å². The molecular formula is C38H72N2O4. The molecule has 0 bridgehead atoms. The highest BCUT2D eigenvalue weighted by Gasteiger charge is 2.03. The van der Waals surface area contributed by atoms with Crippen molar-refractivity contribution in [2.24, 2.45) is 0 Å². The Hall–Kier alpha value is -1.72. The SMILES string of the molecule is CC(=O)CCCCCCCCCCCNC(=O)CCCCCCCCCCC(=O)NCCCCCCCCCCCC(C)=O. The molecule has 44 heavy (non-hydrogen) atoms. The highest BCUT2D eigenvalue weighted by atomic mass is 16.2. The largest absolute Gasteiger partial charge is 0.356 e. The number of rotatable bonds is 35. The van der Waals surface area contributed by atoms with Crippen LogP contribution in [-0.2, 0) is 19.2 Å². The third-order valence-corrected chi connectivity index (χ3v) is 8.61. The number of nitrogens with one attached hydrogen (secondary N) is 2. The number of carbonyl (C=O) groups is 4. The quantitative estimate of drug-likeness (QED) is 0.0690. The second kappa shape index (κ2) is 34.2. The molecule has 0 radical (unpaired) electrons. The fourth-order valence-corrected chi connectivity index (χ4v) is 5.74. The summed E-state index contributed by atoms with van der Waals surface area (Å²) in [6.07, 6.45) is 33.6. The molecule has 0 heterocycles. The van der Waals surface area contributed by atoms with Crippen LogP contribution < -0.4 is 10.6 Å². The Morgan fingerprint density at radius 1 is 0.295 bits per heavy atom. The smallest absolute Gasteiger partial charge is 0.219 e.